The lowest BCUT2D eigenvalue weighted by Gasteiger charge is -2.14. The van der Waals surface area contributed by atoms with Crippen molar-refractivity contribution in [2.45, 2.75) is 20.0 Å². The first-order chi connectivity index (χ1) is 12.3. The molecule has 26 heavy (non-hydrogen) atoms. The molecule has 0 amide bonds. The molecule has 0 fully saturated rings. The number of rotatable bonds is 4. The maximum Gasteiger partial charge on any atom is 0.363 e. The normalized spacial score (nSPS) is 15.4. The number of esters is 1. The Balaban J connectivity index is 1.92. The number of hydrogen-bond donors (Lipinski definition) is 0. The van der Waals surface area contributed by atoms with E-state index in [0.717, 1.165) is 18.5 Å². The van der Waals surface area contributed by atoms with E-state index >= 15 is 0 Å². The largest absolute Gasteiger partial charge is 0.489 e. The van der Waals surface area contributed by atoms with E-state index in [1.54, 1.807) is 6.08 Å². The Morgan fingerprint density at radius 1 is 1.15 bits per heavy atom. The predicted octanol–water partition coefficient (Wildman–Crippen LogP) is 5.17. The van der Waals surface area contributed by atoms with Crippen LogP contribution in [-0.2, 0) is 9.53 Å². The fourth-order valence-corrected chi connectivity index (χ4v) is 4.36. The van der Waals surface area contributed by atoms with Crippen molar-refractivity contribution in [1.82, 2.24) is 0 Å². The molecule has 2 aromatic carbocycles. The van der Waals surface area contributed by atoms with Crippen molar-refractivity contribution in [3.8, 4) is 5.75 Å². The first-order valence-corrected chi connectivity index (χ1v) is 9.93. The molecule has 0 spiro atoms. The van der Waals surface area contributed by atoms with Gasteiger partial charge in [-0.05, 0) is 107 Å². The van der Waals surface area contributed by atoms with Crippen molar-refractivity contribution in [2.24, 2.45) is 4.99 Å². The molecule has 0 N–H and O–H groups in total. The Morgan fingerprint density at radius 3 is 2.35 bits per heavy atom. The van der Waals surface area contributed by atoms with Crippen molar-refractivity contribution in [3.63, 3.8) is 0 Å². The molecule has 0 saturated heterocycles. The van der Waals surface area contributed by atoms with Gasteiger partial charge in [-0.2, -0.15) is 0 Å². The van der Waals surface area contributed by atoms with Gasteiger partial charge in [0, 0.05) is 5.56 Å². The van der Waals surface area contributed by atoms with Crippen LogP contribution in [0.25, 0.3) is 6.08 Å². The minimum absolute atomic E-state index is 0.0777. The molecule has 0 saturated carbocycles. The highest BCUT2D eigenvalue weighted by molar-refractivity contribution is 14.1. The van der Waals surface area contributed by atoms with Crippen molar-refractivity contribution >= 4 is 63.1 Å². The zero-order valence-electron chi connectivity index (χ0n) is 13.9. The average molecular weight is 577 g/mol. The molecule has 1 aliphatic heterocycles. The van der Waals surface area contributed by atoms with Crippen LogP contribution in [0.1, 0.15) is 25.0 Å². The Labute approximate surface area is 177 Å². The zero-order chi connectivity index (χ0) is 18.8. The molecule has 1 aliphatic rings. The van der Waals surface area contributed by atoms with Gasteiger partial charge in [0.05, 0.1) is 13.2 Å². The molecule has 3 rings (SSSR count). The molecule has 134 valence electrons. The first kappa shape index (κ1) is 19.3. The third-order valence-corrected chi connectivity index (χ3v) is 4.99. The summed E-state index contributed by atoms with van der Waals surface area (Å²) in [5.41, 5.74) is 1.58. The molecule has 0 radical (unpaired) electrons. The summed E-state index contributed by atoms with van der Waals surface area (Å²) in [5, 5.41) is 0. The molecular weight excluding hydrogens is 563 g/mol. The van der Waals surface area contributed by atoms with E-state index in [0.29, 0.717) is 5.56 Å². The fraction of sp³-hybridized carbons (Fsp3) is 0.158. The van der Waals surface area contributed by atoms with E-state index in [4.69, 9.17) is 9.47 Å². The molecule has 7 heteroatoms. The third-order valence-electron chi connectivity index (χ3n) is 3.39. The number of halogens is 3. The number of aliphatic imine (C=N–C) groups is 1. The van der Waals surface area contributed by atoms with E-state index in [9.17, 15) is 9.18 Å². The number of carbonyl (C=O) groups is 1. The van der Waals surface area contributed by atoms with Crippen LogP contribution in [0.4, 0.5) is 4.39 Å². The standard InChI is InChI=1S/C19H14FI2NO3/c1-10(2)25-17-14(21)7-11(8-15(17)22)9-16-19(24)26-18(23-16)12-3-5-13(20)6-4-12/h3-10H,1-2H3/b16-9-. The van der Waals surface area contributed by atoms with Crippen LogP contribution in [0.3, 0.4) is 0 Å². The summed E-state index contributed by atoms with van der Waals surface area (Å²) in [6, 6.07) is 9.48. The summed E-state index contributed by atoms with van der Waals surface area (Å²) in [5.74, 6) is 0.109. The van der Waals surface area contributed by atoms with Gasteiger partial charge in [0.1, 0.15) is 11.6 Å². The van der Waals surface area contributed by atoms with Gasteiger partial charge >= 0.3 is 5.97 Å². The molecule has 0 unspecified atom stereocenters. The first-order valence-electron chi connectivity index (χ1n) is 7.77. The van der Waals surface area contributed by atoms with E-state index in [-0.39, 0.29) is 23.5 Å². The maximum absolute atomic E-state index is 13.0. The molecule has 2 aromatic rings. The quantitative estimate of drug-likeness (QED) is 0.287. The Morgan fingerprint density at radius 2 is 1.77 bits per heavy atom. The SMILES string of the molecule is CC(C)Oc1c(I)cc(/C=C2\N=C(c3ccc(F)cc3)OC2=O)cc1I. The van der Waals surface area contributed by atoms with Gasteiger partial charge in [0.2, 0.25) is 5.90 Å². The minimum atomic E-state index is -0.531. The topological polar surface area (TPSA) is 47.9 Å². The van der Waals surface area contributed by atoms with E-state index in [2.05, 4.69) is 50.2 Å². The number of ether oxygens (including phenoxy) is 2. The highest BCUT2D eigenvalue weighted by atomic mass is 127. The Hall–Kier alpha value is -1.49. The van der Waals surface area contributed by atoms with Crippen LogP contribution in [0, 0.1) is 13.0 Å². The average Bonchev–Trinajstić information content (AvgIpc) is 2.92. The van der Waals surface area contributed by atoms with Crippen LogP contribution >= 0.6 is 45.2 Å². The summed E-state index contributed by atoms with van der Waals surface area (Å²) in [4.78, 5) is 16.3. The van der Waals surface area contributed by atoms with Crippen LogP contribution in [0.15, 0.2) is 47.1 Å². The number of benzene rings is 2. The lowest BCUT2D eigenvalue weighted by atomic mass is 10.2. The van der Waals surface area contributed by atoms with Gasteiger partial charge in [-0.1, -0.05) is 0 Å². The van der Waals surface area contributed by atoms with Gasteiger partial charge in [-0.25, -0.2) is 14.2 Å². The van der Waals surface area contributed by atoms with Gasteiger partial charge in [0.15, 0.2) is 5.70 Å². The van der Waals surface area contributed by atoms with Crippen molar-refractivity contribution in [1.29, 1.82) is 0 Å². The minimum Gasteiger partial charge on any atom is -0.489 e. The smallest absolute Gasteiger partial charge is 0.363 e. The van der Waals surface area contributed by atoms with Crippen LogP contribution < -0.4 is 4.74 Å². The molecule has 0 atom stereocenters. The summed E-state index contributed by atoms with van der Waals surface area (Å²) in [6.45, 7) is 3.95. The molecule has 0 bridgehead atoms. The van der Waals surface area contributed by atoms with E-state index in [1.807, 2.05) is 26.0 Å². The maximum atomic E-state index is 13.0. The fourth-order valence-electron chi connectivity index (χ4n) is 2.29. The summed E-state index contributed by atoms with van der Waals surface area (Å²) in [6.07, 6.45) is 1.75. The molecular formula is C19H14FI2NO3. The monoisotopic (exact) mass is 577 g/mol. The predicted molar refractivity (Wildman–Crippen MR) is 115 cm³/mol. The Kier molecular flexibility index (Phi) is 5.96. The van der Waals surface area contributed by atoms with Gasteiger partial charge in [0.25, 0.3) is 0 Å². The highest BCUT2D eigenvalue weighted by Crippen LogP contribution is 2.31. The van der Waals surface area contributed by atoms with Crippen molar-refractivity contribution < 1.29 is 18.7 Å². The Bertz CT molecular complexity index is 898. The van der Waals surface area contributed by atoms with Gasteiger partial charge in [-0.15, -0.1) is 0 Å². The number of cyclic esters (lactones) is 1. The van der Waals surface area contributed by atoms with E-state index in [1.165, 1.54) is 24.3 Å². The van der Waals surface area contributed by atoms with Gasteiger partial charge in [-0.3, -0.25) is 0 Å². The number of nitrogens with zero attached hydrogens (tertiary/aromatic N) is 1. The number of hydrogen-bond acceptors (Lipinski definition) is 4. The van der Waals surface area contributed by atoms with Gasteiger partial charge < -0.3 is 9.47 Å². The summed E-state index contributed by atoms with van der Waals surface area (Å²) >= 11 is 4.41. The van der Waals surface area contributed by atoms with Crippen LogP contribution in [0.5, 0.6) is 5.75 Å². The second-order valence-corrected chi connectivity index (χ2v) is 8.15. The van der Waals surface area contributed by atoms with Crippen LogP contribution in [0.2, 0.25) is 0 Å². The van der Waals surface area contributed by atoms with E-state index < -0.39 is 5.97 Å². The van der Waals surface area contributed by atoms with Crippen molar-refractivity contribution in [2.75, 3.05) is 0 Å². The lowest BCUT2D eigenvalue weighted by molar-refractivity contribution is -0.129. The summed E-state index contributed by atoms with van der Waals surface area (Å²) < 4.78 is 25.9. The molecule has 0 aliphatic carbocycles. The summed E-state index contributed by atoms with van der Waals surface area (Å²) in [7, 11) is 0. The van der Waals surface area contributed by atoms with Crippen molar-refractivity contribution in [3.05, 3.63) is 66.2 Å². The second-order valence-electron chi connectivity index (χ2n) is 5.82. The number of carbonyl (C=O) groups excluding carboxylic acids is 1. The molecule has 0 aromatic heterocycles. The lowest BCUT2D eigenvalue weighted by Crippen LogP contribution is -2.08. The third kappa shape index (κ3) is 4.43. The van der Waals surface area contributed by atoms with Crippen LogP contribution in [-0.4, -0.2) is 18.0 Å². The molecule has 4 nitrogen and oxygen atoms in total. The highest BCUT2D eigenvalue weighted by Gasteiger charge is 2.24. The molecule has 1 heterocycles. The zero-order valence-corrected chi connectivity index (χ0v) is 18.2. The second kappa shape index (κ2) is 8.03.